The smallest absolute Gasteiger partial charge is 0.219 e. The van der Waals surface area contributed by atoms with Crippen molar-refractivity contribution in [3.8, 4) is 17.1 Å². The van der Waals surface area contributed by atoms with Gasteiger partial charge in [0.2, 0.25) is 5.88 Å². The fraction of sp³-hybridized carbons (Fsp3) is 0.143. The molecule has 0 saturated carbocycles. The second-order valence-electron chi connectivity index (χ2n) is 8.37. The van der Waals surface area contributed by atoms with Gasteiger partial charge in [-0.3, -0.25) is 4.40 Å². The summed E-state index contributed by atoms with van der Waals surface area (Å²) in [7, 11) is 0. The Morgan fingerprint density at radius 2 is 1.56 bits per heavy atom. The lowest BCUT2D eigenvalue weighted by molar-refractivity contribution is 0.442. The first kappa shape index (κ1) is 21.6. The van der Waals surface area contributed by atoms with E-state index in [1.54, 1.807) is 22.7 Å². The second kappa shape index (κ2) is 8.98. The highest BCUT2D eigenvalue weighted by Gasteiger charge is 2.19. The van der Waals surface area contributed by atoms with E-state index in [1.165, 1.54) is 11.6 Å². The maximum atomic E-state index is 14.9. The fourth-order valence-electron chi connectivity index (χ4n) is 4.20. The van der Waals surface area contributed by atoms with Gasteiger partial charge >= 0.3 is 0 Å². The van der Waals surface area contributed by atoms with Crippen molar-refractivity contribution in [2.24, 2.45) is 0 Å². The summed E-state index contributed by atoms with van der Waals surface area (Å²) in [4.78, 5) is 9.53. The molecule has 5 nitrogen and oxygen atoms in total. The molecule has 0 bridgehead atoms. The number of nitrogens with two attached hydrogens (primary N) is 1. The lowest BCUT2D eigenvalue weighted by Crippen LogP contribution is -2.02. The average Bonchev–Trinajstić information content (AvgIpc) is 3.17. The van der Waals surface area contributed by atoms with Crippen molar-refractivity contribution in [2.75, 3.05) is 5.73 Å². The number of aryl methyl sites for hydroxylation is 1. The fourth-order valence-corrected chi connectivity index (χ4v) is 4.20. The van der Waals surface area contributed by atoms with E-state index in [0.717, 1.165) is 17.5 Å². The number of halogens is 1. The minimum Gasteiger partial charge on any atom is -0.493 e. The highest BCUT2D eigenvalue weighted by atomic mass is 19.1. The maximum absolute atomic E-state index is 14.9. The van der Waals surface area contributed by atoms with Gasteiger partial charge in [-0.15, -0.1) is 0 Å². The summed E-state index contributed by atoms with van der Waals surface area (Å²) in [6, 6.07) is 23.0. The molecular weight excluding hydrogens is 427 g/mol. The van der Waals surface area contributed by atoms with Gasteiger partial charge in [0.1, 0.15) is 5.69 Å². The molecule has 0 aliphatic heterocycles. The largest absolute Gasteiger partial charge is 0.493 e. The SMILES string of the molecule is CCc1cccc(Cc2nc3c(Cc4ccccc4)nc(-c4cccc(N)c4F)cn3c2O)c1. The Balaban J connectivity index is 1.66. The Hall–Kier alpha value is -4.19. The molecule has 0 unspecified atom stereocenters. The van der Waals surface area contributed by atoms with E-state index in [4.69, 9.17) is 15.7 Å². The van der Waals surface area contributed by atoms with Crippen LogP contribution >= 0.6 is 0 Å². The topological polar surface area (TPSA) is 76.4 Å². The number of hydrogen-bond acceptors (Lipinski definition) is 4. The molecular formula is C28H25FN4O. The quantitative estimate of drug-likeness (QED) is 0.330. The molecule has 6 heteroatoms. The van der Waals surface area contributed by atoms with Crippen molar-refractivity contribution in [1.29, 1.82) is 0 Å². The van der Waals surface area contributed by atoms with Crippen LogP contribution in [0.25, 0.3) is 16.9 Å². The molecule has 3 aromatic carbocycles. The van der Waals surface area contributed by atoms with Crippen LogP contribution in [0.4, 0.5) is 10.1 Å². The van der Waals surface area contributed by atoms with E-state index in [0.29, 0.717) is 35.6 Å². The highest BCUT2D eigenvalue weighted by Crippen LogP contribution is 2.30. The summed E-state index contributed by atoms with van der Waals surface area (Å²) in [5.74, 6) is -0.504. The minimum absolute atomic E-state index is 0.0270. The Labute approximate surface area is 197 Å². The molecule has 34 heavy (non-hydrogen) atoms. The van der Waals surface area contributed by atoms with Crippen molar-refractivity contribution in [3.05, 3.63) is 113 Å². The van der Waals surface area contributed by atoms with Crippen LogP contribution in [0.3, 0.4) is 0 Å². The first-order chi connectivity index (χ1) is 16.5. The Morgan fingerprint density at radius 1 is 0.853 bits per heavy atom. The summed E-state index contributed by atoms with van der Waals surface area (Å²) in [5.41, 5.74) is 11.6. The predicted molar refractivity (Wildman–Crippen MR) is 132 cm³/mol. The van der Waals surface area contributed by atoms with Crippen LogP contribution in [0.2, 0.25) is 0 Å². The number of rotatable bonds is 6. The lowest BCUT2D eigenvalue weighted by Gasteiger charge is -2.10. The minimum atomic E-state index is -0.531. The van der Waals surface area contributed by atoms with E-state index >= 15 is 0 Å². The predicted octanol–water partition coefficient (Wildman–Crippen LogP) is 5.57. The third-order valence-corrected chi connectivity index (χ3v) is 6.01. The molecule has 0 aliphatic carbocycles. The Morgan fingerprint density at radius 3 is 2.35 bits per heavy atom. The van der Waals surface area contributed by atoms with Crippen LogP contribution in [0.15, 0.2) is 79.0 Å². The molecule has 170 valence electrons. The van der Waals surface area contributed by atoms with E-state index in [1.807, 2.05) is 42.5 Å². The molecule has 2 aromatic heterocycles. The van der Waals surface area contributed by atoms with Gasteiger partial charge in [0, 0.05) is 24.6 Å². The normalized spacial score (nSPS) is 11.2. The van der Waals surface area contributed by atoms with E-state index in [-0.39, 0.29) is 17.1 Å². The number of nitrogen functional groups attached to an aromatic ring is 1. The van der Waals surface area contributed by atoms with Crippen molar-refractivity contribution >= 4 is 11.3 Å². The van der Waals surface area contributed by atoms with Gasteiger partial charge in [-0.1, -0.05) is 67.6 Å². The first-order valence-corrected chi connectivity index (χ1v) is 11.3. The van der Waals surface area contributed by atoms with Crippen LogP contribution in [0, 0.1) is 5.82 Å². The van der Waals surface area contributed by atoms with Gasteiger partial charge in [0.25, 0.3) is 0 Å². The van der Waals surface area contributed by atoms with Gasteiger partial charge in [-0.25, -0.2) is 14.4 Å². The molecule has 0 saturated heterocycles. The summed E-state index contributed by atoms with van der Waals surface area (Å²) in [6.45, 7) is 2.11. The standard InChI is InChI=1S/C28H25FN4O/c1-2-18-10-6-11-20(14-18)16-24-28(34)33-17-25(21-12-7-13-22(30)26(21)29)31-23(27(33)32-24)15-19-8-4-3-5-9-19/h3-14,17,34H,2,15-16,30H2,1H3. The first-order valence-electron chi connectivity index (χ1n) is 11.3. The number of aromatic hydroxyl groups is 1. The summed E-state index contributed by atoms with van der Waals surface area (Å²) >= 11 is 0. The molecule has 3 N–H and O–H groups in total. The Kier molecular flexibility index (Phi) is 5.72. The number of nitrogens with zero attached hydrogens (tertiary/aromatic N) is 3. The number of hydrogen-bond donors (Lipinski definition) is 2. The number of anilines is 1. The van der Waals surface area contributed by atoms with E-state index < -0.39 is 5.82 Å². The summed E-state index contributed by atoms with van der Waals surface area (Å²) in [6.07, 6.45) is 3.53. The molecule has 0 aliphatic rings. The number of benzene rings is 3. The third kappa shape index (κ3) is 4.10. The van der Waals surface area contributed by atoms with Crippen LogP contribution in [0.1, 0.15) is 35.0 Å². The number of aromatic nitrogens is 3. The van der Waals surface area contributed by atoms with Crippen LogP contribution in [-0.4, -0.2) is 19.5 Å². The van der Waals surface area contributed by atoms with Crippen LogP contribution in [0.5, 0.6) is 5.88 Å². The molecule has 5 rings (SSSR count). The number of fused-ring (bicyclic) bond motifs is 1. The molecule has 0 fully saturated rings. The number of imidazole rings is 1. The van der Waals surface area contributed by atoms with Crippen LogP contribution in [-0.2, 0) is 19.3 Å². The van der Waals surface area contributed by atoms with Crippen LogP contribution < -0.4 is 5.73 Å². The van der Waals surface area contributed by atoms with Gasteiger partial charge in [-0.05, 0) is 35.2 Å². The molecule has 5 aromatic rings. The monoisotopic (exact) mass is 452 g/mol. The molecule has 0 amide bonds. The van der Waals surface area contributed by atoms with E-state index in [2.05, 4.69) is 19.1 Å². The van der Waals surface area contributed by atoms with E-state index in [9.17, 15) is 9.50 Å². The summed E-state index contributed by atoms with van der Waals surface area (Å²) in [5, 5.41) is 11.1. The van der Waals surface area contributed by atoms with Gasteiger partial charge in [0.15, 0.2) is 11.5 Å². The molecule has 0 atom stereocenters. The molecule has 2 heterocycles. The van der Waals surface area contributed by atoms with Crippen molar-refractivity contribution in [1.82, 2.24) is 14.4 Å². The van der Waals surface area contributed by atoms with Crippen molar-refractivity contribution in [2.45, 2.75) is 26.2 Å². The lowest BCUT2D eigenvalue weighted by atomic mass is 10.1. The third-order valence-electron chi connectivity index (χ3n) is 6.01. The zero-order chi connectivity index (χ0) is 23.7. The van der Waals surface area contributed by atoms with Gasteiger partial charge < -0.3 is 10.8 Å². The zero-order valence-corrected chi connectivity index (χ0v) is 18.9. The Bertz CT molecular complexity index is 1480. The van der Waals surface area contributed by atoms with Gasteiger partial charge in [0.05, 0.1) is 17.1 Å². The second-order valence-corrected chi connectivity index (χ2v) is 8.37. The molecule has 0 radical (unpaired) electrons. The zero-order valence-electron chi connectivity index (χ0n) is 18.9. The molecule has 0 spiro atoms. The average molecular weight is 453 g/mol. The van der Waals surface area contributed by atoms with Crippen molar-refractivity contribution in [3.63, 3.8) is 0 Å². The highest BCUT2D eigenvalue weighted by molar-refractivity contribution is 5.67. The summed E-state index contributed by atoms with van der Waals surface area (Å²) < 4.78 is 16.5. The maximum Gasteiger partial charge on any atom is 0.219 e. The van der Waals surface area contributed by atoms with Crippen molar-refractivity contribution < 1.29 is 9.50 Å². The van der Waals surface area contributed by atoms with Gasteiger partial charge in [-0.2, -0.15) is 0 Å².